The first kappa shape index (κ1) is 28.8. The fourth-order valence-corrected chi connectivity index (χ4v) is 6.09. The highest BCUT2D eigenvalue weighted by Gasteiger charge is 2.19. The van der Waals surface area contributed by atoms with Crippen molar-refractivity contribution in [1.82, 2.24) is 15.0 Å². The highest BCUT2D eigenvalue weighted by Crippen LogP contribution is 2.33. The standard InChI is InChI=1S/C34H38N6O3/c35-34-38-31(21-23-9-15-27(16-10-23)40-17-19-43-20-18-40)37-32(39-34)28-7-4-8-30(29(28)22-41)36-33(42)26-13-11-25(12-14-26)24-5-2-1-3-6-24/h4,7-16,24,41H,1-3,5-6,17-22H2,(H,36,42)(H2,35,37,38,39). The molecule has 1 aromatic heterocycles. The molecule has 4 N–H and O–H groups in total. The minimum absolute atomic E-state index is 0.0984. The lowest BCUT2D eigenvalue weighted by Gasteiger charge is -2.28. The largest absolute Gasteiger partial charge is 0.392 e. The third-order valence-electron chi connectivity index (χ3n) is 8.45. The monoisotopic (exact) mass is 578 g/mol. The predicted molar refractivity (Wildman–Crippen MR) is 168 cm³/mol. The summed E-state index contributed by atoms with van der Waals surface area (Å²) < 4.78 is 5.46. The van der Waals surface area contributed by atoms with Crippen LogP contribution in [0.4, 0.5) is 17.3 Å². The van der Waals surface area contributed by atoms with Crippen LogP contribution < -0.4 is 16.0 Å². The van der Waals surface area contributed by atoms with Crippen molar-refractivity contribution >= 4 is 23.2 Å². The van der Waals surface area contributed by atoms with Crippen LogP contribution in [0.1, 0.15) is 70.9 Å². The average Bonchev–Trinajstić information content (AvgIpc) is 3.05. The molecule has 2 heterocycles. The number of nitrogens with zero attached hydrogens (tertiary/aromatic N) is 4. The molecule has 3 aromatic carbocycles. The van der Waals surface area contributed by atoms with Gasteiger partial charge in [0.1, 0.15) is 5.82 Å². The van der Waals surface area contributed by atoms with E-state index in [0.717, 1.165) is 37.6 Å². The van der Waals surface area contributed by atoms with E-state index in [9.17, 15) is 9.90 Å². The van der Waals surface area contributed by atoms with E-state index in [1.54, 1.807) is 12.1 Å². The number of hydrogen-bond acceptors (Lipinski definition) is 8. The SMILES string of the molecule is Nc1nc(Cc2ccc(N3CCOCC3)cc2)nc(-c2cccc(NC(=O)c3ccc(C4CCCCC4)cc3)c2CO)n1. The van der Waals surface area contributed by atoms with Crippen molar-refractivity contribution in [2.24, 2.45) is 0 Å². The fraction of sp³-hybridized carbons (Fsp3) is 0.353. The zero-order chi connectivity index (χ0) is 29.6. The molecule has 6 rings (SSSR count). The minimum Gasteiger partial charge on any atom is -0.392 e. The maximum Gasteiger partial charge on any atom is 0.255 e. The first-order valence-electron chi connectivity index (χ1n) is 15.1. The maximum absolute atomic E-state index is 13.2. The van der Waals surface area contributed by atoms with Crippen LogP contribution in [-0.4, -0.2) is 52.3 Å². The molecule has 1 saturated carbocycles. The second-order valence-corrected chi connectivity index (χ2v) is 11.3. The number of amides is 1. The molecule has 2 aliphatic rings. The Morgan fingerprint density at radius 1 is 0.930 bits per heavy atom. The topological polar surface area (TPSA) is 126 Å². The van der Waals surface area contributed by atoms with Gasteiger partial charge >= 0.3 is 0 Å². The number of aliphatic hydroxyl groups excluding tert-OH is 1. The zero-order valence-corrected chi connectivity index (χ0v) is 24.3. The summed E-state index contributed by atoms with van der Waals surface area (Å²) >= 11 is 0. The molecule has 9 heteroatoms. The van der Waals surface area contributed by atoms with Crippen molar-refractivity contribution in [2.45, 2.75) is 51.0 Å². The van der Waals surface area contributed by atoms with E-state index in [0.29, 0.717) is 46.4 Å². The Labute approximate surface area is 252 Å². The molecule has 222 valence electrons. The highest BCUT2D eigenvalue weighted by molar-refractivity contribution is 6.05. The third-order valence-corrected chi connectivity index (χ3v) is 8.45. The highest BCUT2D eigenvalue weighted by atomic mass is 16.5. The van der Waals surface area contributed by atoms with Crippen molar-refractivity contribution < 1.29 is 14.6 Å². The maximum atomic E-state index is 13.2. The van der Waals surface area contributed by atoms with Gasteiger partial charge in [0, 0.05) is 47.6 Å². The molecule has 0 bridgehead atoms. The second kappa shape index (κ2) is 13.3. The third kappa shape index (κ3) is 6.84. The van der Waals surface area contributed by atoms with Crippen LogP contribution in [0.25, 0.3) is 11.4 Å². The van der Waals surface area contributed by atoms with Gasteiger partial charge in [0.2, 0.25) is 5.95 Å². The van der Waals surface area contributed by atoms with Crippen molar-refractivity contribution in [3.63, 3.8) is 0 Å². The number of carbonyl (C=O) groups excluding carboxylic acids is 1. The van der Waals surface area contributed by atoms with E-state index in [4.69, 9.17) is 15.5 Å². The quantitative estimate of drug-likeness (QED) is 0.256. The molecular weight excluding hydrogens is 540 g/mol. The van der Waals surface area contributed by atoms with Gasteiger partial charge in [-0.1, -0.05) is 55.7 Å². The number of carbonyl (C=O) groups is 1. The Hall–Kier alpha value is -4.34. The number of benzene rings is 3. The number of rotatable bonds is 8. The first-order chi connectivity index (χ1) is 21.1. The lowest BCUT2D eigenvalue weighted by atomic mass is 9.84. The number of hydrogen-bond donors (Lipinski definition) is 3. The Balaban J connectivity index is 1.19. The summed E-state index contributed by atoms with van der Waals surface area (Å²) in [6, 6.07) is 21.6. The summed E-state index contributed by atoms with van der Waals surface area (Å²) in [5.74, 6) is 1.32. The molecule has 0 atom stereocenters. The molecule has 0 spiro atoms. The smallest absolute Gasteiger partial charge is 0.255 e. The number of nitrogens with two attached hydrogens (primary N) is 1. The lowest BCUT2D eigenvalue weighted by Crippen LogP contribution is -2.36. The van der Waals surface area contributed by atoms with Crippen LogP contribution in [-0.2, 0) is 17.8 Å². The van der Waals surface area contributed by atoms with Gasteiger partial charge in [-0.05, 0) is 60.2 Å². The number of ether oxygens (including phenoxy) is 1. The Morgan fingerprint density at radius 2 is 1.67 bits per heavy atom. The van der Waals surface area contributed by atoms with E-state index < -0.39 is 0 Å². The average molecular weight is 579 g/mol. The van der Waals surface area contributed by atoms with E-state index in [1.807, 2.05) is 18.2 Å². The fourth-order valence-electron chi connectivity index (χ4n) is 6.09. The molecule has 0 unspecified atom stereocenters. The summed E-state index contributed by atoms with van der Waals surface area (Å²) in [4.78, 5) is 28.9. The molecule has 1 saturated heterocycles. The van der Waals surface area contributed by atoms with Crippen LogP contribution >= 0.6 is 0 Å². The van der Waals surface area contributed by atoms with E-state index in [1.165, 1.54) is 37.7 Å². The number of nitrogens with one attached hydrogen (secondary N) is 1. The number of morpholine rings is 1. The van der Waals surface area contributed by atoms with Crippen LogP contribution in [0.2, 0.25) is 0 Å². The Morgan fingerprint density at radius 3 is 2.40 bits per heavy atom. The summed E-state index contributed by atoms with van der Waals surface area (Å²) in [7, 11) is 0. The molecular formula is C34H38N6O3. The molecule has 1 amide bonds. The van der Waals surface area contributed by atoms with Crippen LogP contribution in [0.15, 0.2) is 66.7 Å². The van der Waals surface area contributed by atoms with Crippen molar-refractivity contribution in [1.29, 1.82) is 0 Å². The number of aromatic nitrogens is 3. The van der Waals surface area contributed by atoms with E-state index >= 15 is 0 Å². The number of anilines is 3. The van der Waals surface area contributed by atoms with Gasteiger partial charge in [0.15, 0.2) is 5.82 Å². The lowest BCUT2D eigenvalue weighted by molar-refractivity contribution is 0.102. The normalized spacial score (nSPS) is 15.8. The zero-order valence-electron chi connectivity index (χ0n) is 24.3. The summed E-state index contributed by atoms with van der Waals surface area (Å²) in [6.45, 7) is 2.93. The molecule has 9 nitrogen and oxygen atoms in total. The molecule has 4 aromatic rings. The first-order valence-corrected chi connectivity index (χ1v) is 15.1. The van der Waals surface area contributed by atoms with Crippen molar-refractivity contribution in [3.05, 3.63) is 94.8 Å². The summed E-state index contributed by atoms with van der Waals surface area (Å²) in [5, 5.41) is 13.3. The Kier molecular flexibility index (Phi) is 8.91. The van der Waals surface area contributed by atoms with Crippen molar-refractivity contribution in [3.8, 4) is 11.4 Å². The van der Waals surface area contributed by atoms with Gasteiger partial charge < -0.3 is 25.8 Å². The van der Waals surface area contributed by atoms with Gasteiger partial charge in [-0.2, -0.15) is 9.97 Å². The second-order valence-electron chi connectivity index (χ2n) is 11.3. The van der Waals surface area contributed by atoms with Gasteiger partial charge in [-0.15, -0.1) is 0 Å². The molecule has 2 fully saturated rings. The molecule has 1 aliphatic heterocycles. The number of aliphatic hydroxyl groups is 1. The molecule has 43 heavy (non-hydrogen) atoms. The summed E-state index contributed by atoms with van der Waals surface area (Å²) in [6.07, 6.45) is 6.75. The number of nitrogen functional groups attached to an aromatic ring is 1. The van der Waals surface area contributed by atoms with E-state index in [-0.39, 0.29) is 18.5 Å². The van der Waals surface area contributed by atoms with Gasteiger partial charge in [0.25, 0.3) is 5.91 Å². The van der Waals surface area contributed by atoms with E-state index in [2.05, 4.69) is 56.6 Å². The van der Waals surface area contributed by atoms with Crippen LogP contribution in [0.5, 0.6) is 0 Å². The minimum atomic E-state index is -0.309. The molecule has 0 radical (unpaired) electrons. The van der Waals surface area contributed by atoms with Crippen molar-refractivity contribution in [2.75, 3.05) is 42.3 Å². The predicted octanol–water partition coefficient (Wildman–Crippen LogP) is 5.34. The Bertz CT molecular complexity index is 1550. The van der Waals surface area contributed by atoms with Gasteiger partial charge in [0.05, 0.1) is 19.8 Å². The van der Waals surface area contributed by atoms with Crippen LogP contribution in [0, 0.1) is 0 Å². The van der Waals surface area contributed by atoms with Gasteiger partial charge in [-0.3, -0.25) is 4.79 Å². The van der Waals surface area contributed by atoms with Crippen LogP contribution in [0.3, 0.4) is 0 Å². The molecule has 1 aliphatic carbocycles. The van der Waals surface area contributed by atoms with Gasteiger partial charge in [-0.25, -0.2) is 4.98 Å². The summed E-state index contributed by atoms with van der Waals surface area (Å²) in [5.41, 5.74) is 11.8.